The molecule has 104 valence electrons. The lowest BCUT2D eigenvalue weighted by atomic mass is 10.1. The molecule has 0 spiro atoms. The van der Waals surface area contributed by atoms with Crippen LogP contribution in [0, 0.1) is 19.7 Å². The molecule has 2 aromatic rings. The Morgan fingerprint density at radius 2 is 1.85 bits per heavy atom. The molecule has 0 aliphatic rings. The first-order valence-corrected chi connectivity index (χ1v) is 6.55. The molecule has 0 unspecified atom stereocenters. The molecule has 0 heterocycles. The topological polar surface area (TPSA) is 20.3 Å². The van der Waals surface area contributed by atoms with Gasteiger partial charge in [-0.3, -0.25) is 4.79 Å². The summed E-state index contributed by atoms with van der Waals surface area (Å²) in [6.45, 7) is 4.27. The van der Waals surface area contributed by atoms with Gasteiger partial charge in [0.15, 0.2) is 0 Å². The largest absolute Gasteiger partial charge is 0.337 e. The van der Waals surface area contributed by atoms with E-state index in [0.717, 1.165) is 16.7 Å². The lowest BCUT2D eigenvalue weighted by molar-refractivity contribution is 0.0780. The Labute approximate surface area is 118 Å². The first-order chi connectivity index (χ1) is 9.49. The second-order valence-electron chi connectivity index (χ2n) is 5.07. The van der Waals surface area contributed by atoms with Crippen LogP contribution < -0.4 is 0 Å². The highest BCUT2D eigenvalue weighted by Gasteiger charge is 2.16. The number of nitrogens with zero attached hydrogens (tertiary/aromatic N) is 1. The molecule has 0 radical (unpaired) electrons. The summed E-state index contributed by atoms with van der Waals surface area (Å²) in [5.74, 6) is -0.766. The van der Waals surface area contributed by atoms with Gasteiger partial charge in [0.1, 0.15) is 5.82 Å². The quantitative estimate of drug-likeness (QED) is 0.833. The maximum atomic E-state index is 13.8. The van der Waals surface area contributed by atoms with Crippen molar-refractivity contribution >= 4 is 5.91 Å². The van der Waals surface area contributed by atoms with Gasteiger partial charge in [-0.2, -0.15) is 0 Å². The highest BCUT2D eigenvalue weighted by atomic mass is 19.1. The molecule has 0 fully saturated rings. The molecule has 1 amide bonds. The first-order valence-electron chi connectivity index (χ1n) is 6.55. The van der Waals surface area contributed by atoms with Crippen molar-refractivity contribution in [3.8, 4) is 0 Å². The van der Waals surface area contributed by atoms with Gasteiger partial charge in [0.25, 0.3) is 5.91 Å². The summed E-state index contributed by atoms with van der Waals surface area (Å²) in [7, 11) is 1.69. The fraction of sp³-hybridized carbons (Fsp3) is 0.235. The van der Waals surface area contributed by atoms with E-state index in [1.165, 1.54) is 11.0 Å². The van der Waals surface area contributed by atoms with Crippen molar-refractivity contribution in [1.82, 2.24) is 4.90 Å². The molecule has 0 aliphatic carbocycles. The third-order valence-corrected chi connectivity index (χ3v) is 3.37. The molecule has 2 nitrogen and oxygen atoms in total. The molecular formula is C17H18FNO. The summed E-state index contributed by atoms with van der Waals surface area (Å²) in [5.41, 5.74) is 3.11. The summed E-state index contributed by atoms with van der Waals surface area (Å²) < 4.78 is 13.8. The lowest BCUT2D eigenvalue weighted by Crippen LogP contribution is -2.27. The van der Waals surface area contributed by atoms with Crippen molar-refractivity contribution < 1.29 is 9.18 Å². The molecule has 0 atom stereocenters. The van der Waals surface area contributed by atoms with Gasteiger partial charge in [-0.25, -0.2) is 4.39 Å². The average Bonchev–Trinajstić information content (AvgIpc) is 2.40. The van der Waals surface area contributed by atoms with E-state index in [2.05, 4.69) is 0 Å². The van der Waals surface area contributed by atoms with Gasteiger partial charge in [-0.05, 0) is 42.7 Å². The third kappa shape index (κ3) is 3.05. The maximum Gasteiger partial charge on any atom is 0.256 e. The number of halogens is 1. The van der Waals surface area contributed by atoms with Crippen LogP contribution in [0.5, 0.6) is 0 Å². The Balaban J connectivity index is 2.19. The molecule has 0 bridgehead atoms. The first kappa shape index (κ1) is 14.3. The van der Waals surface area contributed by atoms with Crippen LogP contribution in [0.4, 0.5) is 4.39 Å². The minimum atomic E-state index is -0.466. The number of rotatable bonds is 3. The fourth-order valence-corrected chi connectivity index (χ4v) is 2.11. The Hall–Kier alpha value is -2.16. The number of carbonyl (C=O) groups excluding carboxylic acids is 1. The third-order valence-electron chi connectivity index (χ3n) is 3.37. The van der Waals surface area contributed by atoms with E-state index in [1.807, 2.05) is 31.2 Å². The summed E-state index contributed by atoms with van der Waals surface area (Å²) in [6, 6.07) is 12.5. The number of aryl methyl sites for hydroxylation is 2. The summed E-state index contributed by atoms with van der Waals surface area (Å²) in [4.78, 5) is 13.8. The van der Waals surface area contributed by atoms with E-state index < -0.39 is 5.82 Å². The van der Waals surface area contributed by atoms with Gasteiger partial charge < -0.3 is 4.90 Å². The molecular weight excluding hydrogens is 253 g/mol. The SMILES string of the molecule is Cc1ccc(C(=O)N(C)Cc2ccccc2C)c(F)c1. The second kappa shape index (κ2) is 5.87. The molecule has 0 aromatic heterocycles. The number of amides is 1. The molecule has 20 heavy (non-hydrogen) atoms. The standard InChI is InChI=1S/C17H18FNO/c1-12-8-9-15(16(18)10-12)17(20)19(3)11-14-7-5-4-6-13(14)2/h4-10H,11H2,1-3H3. The molecule has 3 heteroatoms. The Kier molecular flexibility index (Phi) is 4.18. The van der Waals surface area contributed by atoms with Crippen LogP contribution in [-0.4, -0.2) is 17.9 Å². The van der Waals surface area contributed by atoms with Gasteiger partial charge in [0.2, 0.25) is 0 Å². The molecule has 0 aliphatic heterocycles. The zero-order chi connectivity index (χ0) is 14.7. The molecule has 2 aromatic carbocycles. The Bertz CT molecular complexity index is 637. The molecule has 0 N–H and O–H groups in total. The van der Waals surface area contributed by atoms with Crippen molar-refractivity contribution in [2.75, 3.05) is 7.05 Å². The zero-order valence-electron chi connectivity index (χ0n) is 12.0. The van der Waals surface area contributed by atoms with Crippen LogP contribution in [0.1, 0.15) is 27.0 Å². The van der Waals surface area contributed by atoms with Crippen molar-refractivity contribution in [3.05, 3.63) is 70.5 Å². The van der Waals surface area contributed by atoms with Gasteiger partial charge in [0, 0.05) is 13.6 Å². The molecule has 0 saturated carbocycles. The van der Waals surface area contributed by atoms with E-state index in [0.29, 0.717) is 6.54 Å². The average molecular weight is 271 g/mol. The normalized spacial score (nSPS) is 10.4. The number of hydrogen-bond donors (Lipinski definition) is 0. The van der Waals surface area contributed by atoms with Gasteiger partial charge in [0.05, 0.1) is 5.56 Å². The van der Waals surface area contributed by atoms with E-state index in [-0.39, 0.29) is 11.5 Å². The highest BCUT2D eigenvalue weighted by Crippen LogP contribution is 2.15. The zero-order valence-corrected chi connectivity index (χ0v) is 12.0. The Morgan fingerprint density at radius 3 is 2.50 bits per heavy atom. The molecule has 0 saturated heterocycles. The summed E-state index contributed by atoms with van der Waals surface area (Å²) >= 11 is 0. The smallest absolute Gasteiger partial charge is 0.256 e. The summed E-state index contributed by atoms with van der Waals surface area (Å²) in [6.07, 6.45) is 0. The number of carbonyl (C=O) groups is 1. The lowest BCUT2D eigenvalue weighted by Gasteiger charge is -2.19. The van der Waals surface area contributed by atoms with Crippen LogP contribution in [0.2, 0.25) is 0 Å². The van der Waals surface area contributed by atoms with Crippen LogP contribution in [0.3, 0.4) is 0 Å². The van der Waals surface area contributed by atoms with Crippen molar-refractivity contribution in [2.45, 2.75) is 20.4 Å². The predicted octanol–water partition coefficient (Wildman–Crippen LogP) is 3.71. The van der Waals surface area contributed by atoms with E-state index >= 15 is 0 Å². The fourth-order valence-electron chi connectivity index (χ4n) is 2.11. The van der Waals surface area contributed by atoms with Crippen LogP contribution in [-0.2, 0) is 6.54 Å². The van der Waals surface area contributed by atoms with Gasteiger partial charge in [-0.15, -0.1) is 0 Å². The van der Waals surface area contributed by atoms with Gasteiger partial charge in [-0.1, -0.05) is 30.3 Å². The minimum Gasteiger partial charge on any atom is -0.337 e. The molecule has 2 rings (SSSR count). The van der Waals surface area contributed by atoms with E-state index in [4.69, 9.17) is 0 Å². The summed E-state index contributed by atoms with van der Waals surface area (Å²) in [5, 5.41) is 0. The monoisotopic (exact) mass is 271 g/mol. The van der Waals surface area contributed by atoms with Gasteiger partial charge >= 0.3 is 0 Å². The van der Waals surface area contributed by atoms with E-state index in [9.17, 15) is 9.18 Å². The number of benzene rings is 2. The predicted molar refractivity (Wildman–Crippen MR) is 78.1 cm³/mol. The van der Waals surface area contributed by atoms with Crippen LogP contribution in [0.25, 0.3) is 0 Å². The Morgan fingerprint density at radius 1 is 1.15 bits per heavy atom. The highest BCUT2D eigenvalue weighted by molar-refractivity contribution is 5.94. The van der Waals surface area contributed by atoms with Crippen LogP contribution in [0.15, 0.2) is 42.5 Å². The minimum absolute atomic E-state index is 0.117. The number of hydrogen-bond acceptors (Lipinski definition) is 1. The van der Waals surface area contributed by atoms with E-state index in [1.54, 1.807) is 26.1 Å². The maximum absolute atomic E-state index is 13.8. The van der Waals surface area contributed by atoms with Crippen molar-refractivity contribution in [3.63, 3.8) is 0 Å². The van der Waals surface area contributed by atoms with Crippen molar-refractivity contribution in [1.29, 1.82) is 0 Å². The van der Waals surface area contributed by atoms with Crippen molar-refractivity contribution in [2.24, 2.45) is 0 Å². The van der Waals surface area contributed by atoms with Crippen LogP contribution >= 0.6 is 0 Å². The second-order valence-corrected chi connectivity index (χ2v) is 5.07.